The first-order valence-electron chi connectivity index (χ1n) is 8.65. The molecule has 4 rings (SSSR count). The van der Waals surface area contributed by atoms with Crippen molar-refractivity contribution in [2.24, 2.45) is 0 Å². The highest BCUT2D eigenvalue weighted by molar-refractivity contribution is 7.91. The van der Waals surface area contributed by atoms with E-state index in [1.165, 1.54) is 6.07 Å². The molecule has 0 aliphatic carbocycles. The molecule has 1 N–H and O–H groups in total. The van der Waals surface area contributed by atoms with Gasteiger partial charge in [-0.05, 0) is 48.4 Å². The van der Waals surface area contributed by atoms with Gasteiger partial charge in [0.05, 0.1) is 5.56 Å². The quantitative estimate of drug-likeness (QED) is 0.456. The first-order chi connectivity index (χ1) is 13.9. The van der Waals surface area contributed by atoms with Gasteiger partial charge in [0.15, 0.2) is 0 Å². The molecular weight excluding hydrogens is 430 g/mol. The number of halogens is 1. The molecule has 0 saturated heterocycles. The van der Waals surface area contributed by atoms with Crippen LogP contribution in [-0.4, -0.2) is 18.6 Å². The van der Waals surface area contributed by atoms with Gasteiger partial charge < -0.3 is 4.52 Å². The average Bonchev–Trinajstić information content (AvgIpc) is 3.38. The van der Waals surface area contributed by atoms with Gasteiger partial charge in [0.25, 0.3) is 5.89 Å². The zero-order valence-corrected chi connectivity index (χ0v) is 17.7. The highest BCUT2D eigenvalue weighted by Gasteiger charge is 2.20. The van der Waals surface area contributed by atoms with Crippen LogP contribution in [0.5, 0.6) is 0 Å². The predicted molar refractivity (Wildman–Crippen MR) is 113 cm³/mol. The van der Waals surface area contributed by atoms with Gasteiger partial charge in [0.1, 0.15) is 4.21 Å². The van der Waals surface area contributed by atoms with E-state index in [-0.39, 0.29) is 16.6 Å². The van der Waals surface area contributed by atoms with E-state index in [1.807, 2.05) is 31.2 Å². The van der Waals surface area contributed by atoms with Gasteiger partial charge in [-0.25, -0.2) is 13.1 Å². The lowest BCUT2D eigenvalue weighted by Gasteiger charge is -2.07. The molecule has 0 fully saturated rings. The minimum atomic E-state index is -3.65. The maximum absolute atomic E-state index is 12.6. The lowest BCUT2D eigenvalue weighted by atomic mass is 10.1. The van der Waals surface area contributed by atoms with Crippen molar-refractivity contribution < 1.29 is 12.9 Å². The third kappa shape index (κ3) is 4.40. The van der Waals surface area contributed by atoms with Crippen molar-refractivity contribution >= 4 is 33.0 Å². The van der Waals surface area contributed by atoms with Crippen molar-refractivity contribution in [2.75, 3.05) is 0 Å². The molecule has 0 radical (unpaired) electrons. The zero-order valence-electron chi connectivity index (χ0n) is 15.3. The fourth-order valence-electron chi connectivity index (χ4n) is 2.68. The summed E-state index contributed by atoms with van der Waals surface area (Å²) in [4.78, 5) is 4.35. The molecule has 0 unspecified atom stereocenters. The molecule has 6 nitrogen and oxygen atoms in total. The van der Waals surface area contributed by atoms with Crippen LogP contribution < -0.4 is 4.72 Å². The van der Waals surface area contributed by atoms with E-state index in [2.05, 4.69) is 14.9 Å². The smallest absolute Gasteiger partial charge is 0.259 e. The number of nitrogens with one attached hydrogen (secondary N) is 1. The van der Waals surface area contributed by atoms with Crippen LogP contribution in [0.15, 0.2) is 68.7 Å². The second-order valence-electron chi connectivity index (χ2n) is 6.34. The van der Waals surface area contributed by atoms with E-state index in [9.17, 15) is 8.42 Å². The Labute approximate surface area is 177 Å². The molecule has 29 heavy (non-hydrogen) atoms. The van der Waals surface area contributed by atoms with Gasteiger partial charge in [0, 0.05) is 22.5 Å². The maximum Gasteiger partial charge on any atom is 0.259 e. The summed E-state index contributed by atoms with van der Waals surface area (Å²) < 4.78 is 33.4. The Hall–Kier alpha value is -2.52. The molecule has 0 spiro atoms. The summed E-state index contributed by atoms with van der Waals surface area (Å²) in [5.74, 6) is 0.663. The molecule has 2 aromatic heterocycles. The Balaban J connectivity index is 1.52. The minimum absolute atomic E-state index is 0.187. The first-order valence-corrected chi connectivity index (χ1v) is 11.4. The highest BCUT2D eigenvalue weighted by Crippen LogP contribution is 2.29. The molecule has 0 atom stereocenters. The van der Waals surface area contributed by atoms with E-state index < -0.39 is 10.0 Å². The molecular formula is C20H16ClN3O3S2. The fourth-order valence-corrected chi connectivity index (χ4v) is 5.01. The van der Waals surface area contributed by atoms with Crippen molar-refractivity contribution in [1.29, 1.82) is 0 Å². The molecule has 0 saturated carbocycles. The fraction of sp³-hybridized carbons (Fsp3) is 0.100. The number of aryl methyl sites for hydroxylation is 1. The van der Waals surface area contributed by atoms with Crippen molar-refractivity contribution in [3.05, 3.63) is 76.1 Å². The molecule has 2 heterocycles. The number of hydrogen-bond acceptors (Lipinski definition) is 6. The summed E-state index contributed by atoms with van der Waals surface area (Å²) in [6.45, 7) is 2.17. The van der Waals surface area contributed by atoms with Crippen LogP contribution in [0.25, 0.3) is 22.8 Å². The summed E-state index contributed by atoms with van der Waals surface area (Å²) in [5.41, 5.74) is 3.27. The number of benzene rings is 2. The normalized spacial score (nSPS) is 11.7. The topological polar surface area (TPSA) is 85.1 Å². The Morgan fingerprint density at radius 3 is 2.62 bits per heavy atom. The average molecular weight is 446 g/mol. The zero-order chi connectivity index (χ0) is 20.4. The van der Waals surface area contributed by atoms with Crippen LogP contribution in [0.3, 0.4) is 0 Å². The van der Waals surface area contributed by atoms with E-state index in [0.29, 0.717) is 16.4 Å². The summed E-state index contributed by atoms with van der Waals surface area (Å²) in [6, 6.07) is 16.2. The molecule has 0 bridgehead atoms. The van der Waals surface area contributed by atoms with Gasteiger partial charge in [-0.15, -0.1) is 11.3 Å². The highest BCUT2D eigenvalue weighted by atomic mass is 35.5. The van der Waals surface area contributed by atoms with Gasteiger partial charge >= 0.3 is 0 Å². The number of nitrogens with zero attached hydrogens (tertiary/aromatic N) is 2. The minimum Gasteiger partial charge on any atom is -0.334 e. The van der Waals surface area contributed by atoms with Crippen LogP contribution in [0.2, 0.25) is 5.02 Å². The molecule has 2 aromatic carbocycles. The van der Waals surface area contributed by atoms with Crippen molar-refractivity contribution in [1.82, 2.24) is 14.9 Å². The molecule has 148 valence electrons. The van der Waals surface area contributed by atoms with Crippen molar-refractivity contribution in [3.8, 4) is 22.8 Å². The van der Waals surface area contributed by atoms with Crippen LogP contribution >= 0.6 is 22.9 Å². The van der Waals surface area contributed by atoms with E-state index in [4.69, 9.17) is 16.1 Å². The lowest BCUT2D eigenvalue weighted by molar-refractivity contribution is 0.432. The lowest BCUT2D eigenvalue weighted by Crippen LogP contribution is -2.22. The SMILES string of the molecule is Cc1ccccc1CNS(=O)(=O)c1cc(-c2nc(-c3ccc(Cl)cc3)no2)cs1. The third-order valence-corrected chi connectivity index (χ3v) is 7.42. The Kier molecular flexibility index (Phi) is 5.51. The third-order valence-electron chi connectivity index (χ3n) is 4.33. The number of aromatic nitrogens is 2. The molecule has 9 heteroatoms. The Bertz CT molecular complexity index is 1250. The monoisotopic (exact) mass is 445 g/mol. The number of thiophene rings is 1. The predicted octanol–water partition coefficient (Wildman–Crippen LogP) is 4.91. The second-order valence-corrected chi connectivity index (χ2v) is 9.68. The largest absolute Gasteiger partial charge is 0.334 e. The summed E-state index contributed by atoms with van der Waals surface area (Å²) in [6.07, 6.45) is 0. The van der Waals surface area contributed by atoms with Gasteiger partial charge in [-0.3, -0.25) is 0 Å². The maximum atomic E-state index is 12.6. The van der Waals surface area contributed by atoms with Gasteiger partial charge in [0.2, 0.25) is 15.8 Å². The molecule has 4 aromatic rings. The van der Waals surface area contributed by atoms with Crippen LogP contribution in [0, 0.1) is 6.92 Å². The van der Waals surface area contributed by atoms with Crippen molar-refractivity contribution in [3.63, 3.8) is 0 Å². The van der Waals surface area contributed by atoms with E-state index in [0.717, 1.165) is 28.0 Å². The van der Waals surface area contributed by atoms with Gasteiger partial charge in [-0.1, -0.05) is 41.0 Å². The summed E-state index contributed by atoms with van der Waals surface area (Å²) in [5, 5.41) is 6.26. The molecule has 0 aliphatic heterocycles. The standard InChI is InChI=1S/C20H16ClN3O3S2/c1-13-4-2-3-5-15(13)11-22-29(25,26)18-10-16(12-28-18)20-23-19(24-27-20)14-6-8-17(21)9-7-14/h2-10,12,22H,11H2,1H3. The van der Waals surface area contributed by atoms with Crippen LogP contribution in [0.1, 0.15) is 11.1 Å². The molecule has 0 amide bonds. The van der Waals surface area contributed by atoms with E-state index in [1.54, 1.807) is 29.6 Å². The van der Waals surface area contributed by atoms with Crippen molar-refractivity contribution in [2.45, 2.75) is 17.7 Å². The number of sulfonamides is 1. The van der Waals surface area contributed by atoms with E-state index >= 15 is 0 Å². The van der Waals surface area contributed by atoms with Gasteiger partial charge in [-0.2, -0.15) is 4.98 Å². The van der Waals surface area contributed by atoms with Crippen LogP contribution in [-0.2, 0) is 16.6 Å². The summed E-state index contributed by atoms with van der Waals surface area (Å²) >= 11 is 7.00. The molecule has 0 aliphatic rings. The summed E-state index contributed by atoms with van der Waals surface area (Å²) in [7, 11) is -3.65. The van der Waals surface area contributed by atoms with Crippen LogP contribution in [0.4, 0.5) is 0 Å². The Morgan fingerprint density at radius 2 is 1.86 bits per heavy atom. The number of rotatable bonds is 6. The first kappa shape index (κ1) is 19.8. The second kappa shape index (κ2) is 8.08. The Morgan fingerprint density at radius 1 is 1.10 bits per heavy atom. The number of hydrogen-bond donors (Lipinski definition) is 1.